The smallest absolute Gasteiger partial charge is 0.232 e. The van der Waals surface area contributed by atoms with Gasteiger partial charge in [-0.15, -0.1) is 0 Å². The van der Waals surface area contributed by atoms with Gasteiger partial charge in [0.15, 0.2) is 0 Å². The minimum Gasteiger partial charge on any atom is -0.379 e. The van der Waals surface area contributed by atoms with Crippen LogP contribution in [0.5, 0.6) is 0 Å². The summed E-state index contributed by atoms with van der Waals surface area (Å²) in [7, 11) is -3.46. The molecule has 0 unspecified atom stereocenters. The van der Waals surface area contributed by atoms with Crippen molar-refractivity contribution in [1.29, 1.82) is 0 Å². The summed E-state index contributed by atoms with van der Waals surface area (Å²) in [6, 6.07) is 5.15. The number of rotatable bonds is 9. The molecule has 1 heterocycles. The van der Waals surface area contributed by atoms with Gasteiger partial charge in [-0.05, 0) is 31.0 Å². The van der Waals surface area contributed by atoms with Gasteiger partial charge in [-0.1, -0.05) is 17.7 Å². The lowest BCUT2D eigenvalue weighted by Gasteiger charge is -2.26. The summed E-state index contributed by atoms with van der Waals surface area (Å²) in [5.41, 5.74) is 1.37. The van der Waals surface area contributed by atoms with E-state index in [0.29, 0.717) is 23.7 Å². The number of halogens is 1. The molecule has 0 saturated carbocycles. The van der Waals surface area contributed by atoms with Crippen molar-refractivity contribution >= 4 is 33.2 Å². The van der Waals surface area contributed by atoms with Crippen LogP contribution < -0.4 is 9.62 Å². The van der Waals surface area contributed by atoms with E-state index in [1.807, 2.05) is 6.92 Å². The maximum Gasteiger partial charge on any atom is 0.232 e. The molecule has 1 N–H and O–H groups in total. The number of ether oxygens (including phenoxy) is 1. The first kappa shape index (κ1) is 21.9. The maximum absolute atomic E-state index is 12.2. The molecule has 1 aliphatic heterocycles. The van der Waals surface area contributed by atoms with Crippen molar-refractivity contribution in [2.75, 3.05) is 56.5 Å². The van der Waals surface area contributed by atoms with Crippen molar-refractivity contribution in [2.24, 2.45) is 0 Å². The zero-order valence-corrected chi connectivity index (χ0v) is 17.5. The number of nitrogens with one attached hydrogen (secondary N) is 1. The fraction of sp³-hybridized carbons (Fsp3) is 0.611. The topological polar surface area (TPSA) is 79.0 Å². The number of carbonyl (C=O) groups is 1. The summed E-state index contributed by atoms with van der Waals surface area (Å²) in [5.74, 6) is -0.0699. The Morgan fingerprint density at radius 1 is 1.33 bits per heavy atom. The van der Waals surface area contributed by atoms with Crippen LogP contribution in [0.3, 0.4) is 0 Å². The third-order valence-corrected chi connectivity index (χ3v) is 5.87. The largest absolute Gasteiger partial charge is 0.379 e. The molecule has 1 amide bonds. The molecule has 0 bridgehead atoms. The number of hydrogen-bond donors (Lipinski definition) is 1. The highest BCUT2D eigenvalue weighted by Crippen LogP contribution is 2.26. The zero-order chi connectivity index (χ0) is 19.9. The van der Waals surface area contributed by atoms with E-state index in [1.165, 1.54) is 4.31 Å². The Morgan fingerprint density at radius 2 is 2.04 bits per heavy atom. The predicted octanol–water partition coefficient (Wildman–Crippen LogP) is 1.64. The Morgan fingerprint density at radius 3 is 2.70 bits per heavy atom. The molecule has 0 aromatic heterocycles. The summed E-state index contributed by atoms with van der Waals surface area (Å²) < 4.78 is 31.0. The lowest BCUT2D eigenvalue weighted by atomic mass is 10.2. The number of nitrogens with zero attached hydrogens (tertiary/aromatic N) is 2. The van der Waals surface area contributed by atoms with Crippen molar-refractivity contribution in [2.45, 2.75) is 19.8 Å². The van der Waals surface area contributed by atoms with Crippen molar-refractivity contribution < 1.29 is 17.9 Å². The third-order valence-electron chi connectivity index (χ3n) is 4.46. The van der Waals surface area contributed by atoms with Gasteiger partial charge in [0, 0.05) is 44.2 Å². The molecule has 1 aromatic carbocycles. The van der Waals surface area contributed by atoms with Crippen LogP contribution in [0.2, 0.25) is 5.02 Å². The molecule has 1 fully saturated rings. The average molecular weight is 418 g/mol. The van der Waals surface area contributed by atoms with Gasteiger partial charge < -0.3 is 10.1 Å². The minimum atomic E-state index is -3.46. The van der Waals surface area contributed by atoms with Gasteiger partial charge >= 0.3 is 0 Å². The van der Waals surface area contributed by atoms with Crippen LogP contribution in [-0.2, 0) is 19.6 Å². The number of amides is 1. The molecule has 0 atom stereocenters. The van der Waals surface area contributed by atoms with Crippen LogP contribution in [0.25, 0.3) is 0 Å². The van der Waals surface area contributed by atoms with E-state index in [4.69, 9.17) is 16.3 Å². The first-order valence-electron chi connectivity index (χ1n) is 9.08. The fourth-order valence-electron chi connectivity index (χ4n) is 2.97. The molecule has 0 radical (unpaired) electrons. The molecule has 2 rings (SSSR count). The fourth-order valence-corrected chi connectivity index (χ4v) is 4.15. The Bertz CT molecular complexity index is 736. The second kappa shape index (κ2) is 10.3. The number of benzene rings is 1. The van der Waals surface area contributed by atoms with Crippen molar-refractivity contribution in [3.05, 3.63) is 28.8 Å². The summed E-state index contributed by atoms with van der Waals surface area (Å²) in [6.45, 7) is 6.69. The highest BCUT2D eigenvalue weighted by atomic mass is 35.5. The van der Waals surface area contributed by atoms with Crippen LogP contribution in [-0.4, -0.2) is 71.4 Å². The molecule has 1 aromatic rings. The molecular weight excluding hydrogens is 390 g/mol. The number of morpholine rings is 1. The zero-order valence-electron chi connectivity index (χ0n) is 15.9. The lowest BCUT2D eigenvalue weighted by Crippen LogP contribution is -2.41. The molecule has 1 aliphatic rings. The first-order valence-corrected chi connectivity index (χ1v) is 11.3. The number of aryl methyl sites for hydroxylation is 1. The number of sulfonamides is 1. The van der Waals surface area contributed by atoms with Crippen molar-refractivity contribution in [3.63, 3.8) is 0 Å². The molecule has 152 valence electrons. The second-order valence-corrected chi connectivity index (χ2v) is 9.02. The van der Waals surface area contributed by atoms with Gasteiger partial charge in [-0.25, -0.2) is 8.42 Å². The Balaban J connectivity index is 1.81. The lowest BCUT2D eigenvalue weighted by molar-refractivity contribution is -0.121. The van der Waals surface area contributed by atoms with E-state index in [-0.39, 0.29) is 18.9 Å². The summed E-state index contributed by atoms with van der Waals surface area (Å²) in [4.78, 5) is 14.3. The van der Waals surface area contributed by atoms with E-state index in [0.717, 1.165) is 44.7 Å². The monoisotopic (exact) mass is 417 g/mol. The maximum atomic E-state index is 12.2. The molecular formula is C18H28ClN3O4S. The SMILES string of the molecule is Cc1ccc(Cl)cc1N(CCCC(=O)NCCN1CCOCC1)S(C)(=O)=O. The van der Waals surface area contributed by atoms with E-state index < -0.39 is 10.0 Å². The Labute approximate surface area is 166 Å². The Kier molecular flexibility index (Phi) is 8.34. The van der Waals surface area contributed by atoms with Crippen LogP contribution in [0.1, 0.15) is 18.4 Å². The first-order chi connectivity index (χ1) is 12.8. The molecule has 9 heteroatoms. The summed E-state index contributed by atoms with van der Waals surface area (Å²) in [6.07, 6.45) is 1.87. The molecule has 7 nitrogen and oxygen atoms in total. The average Bonchev–Trinajstić information content (AvgIpc) is 2.61. The van der Waals surface area contributed by atoms with Gasteiger partial charge in [0.2, 0.25) is 15.9 Å². The molecule has 1 saturated heterocycles. The number of hydrogen-bond acceptors (Lipinski definition) is 5. The van der Waals surface area contributed by atoms with Gasteiger partial charge in [0.05, 0.1) is 25.2 Å². The van der Waals surface area contributed by atoms with E-state index in [9.17, 15) is 13.2 Å². The highest BCUT2D eigenvalue weighted by molar-refractivity contribution is 7.92. The second-order valence-electron chi connectivity index (χ2n) is 6.67. The predicted molar refractivity (Wildman–Crippen MR) is 108 cm³/mol. The third kappa shape index (κ3) is 7.29. The normalized spacial score (nSPS) is 15.5. The van der Waals surface area contributed by atoms with Gasteiger partial charge in [-0.2, -0.15) is 0 Å². The highest BCUT2D eigenvalue weighted by Gasteiger charge is 2.20. The van der Waals surface area contributed by atoms with Crippen LogP contribution in [0, 0.1) is 6.92 Å². The molecule has 27 heavy (non-hydrogen) atoms. The Hall–Kier alpha value is -1.35. The van der Waals surface area contributed by atoms with Crippen molar-refractivity contribution in [1.82, 2.24) is 10.2 Å². The number of anilines is 1. The van der Waals surface area contributed by atoms with Gasteiger partial charge in [0.1, 0.15) is 0 Å². The van der Waals surface area contributed by atoms with E-state index in [2.05, 4.69) is 10.2 Å². The van der Waals surface area contributed by atoms with Crippen molar-refractivity contribution in [3.8, 4) is 0 Å². The standard InChI is InChI=1S/C18H28ClN3O4S/c1-15-5-6-16(19)14-17(15)22(27(2,24)25)8-3-4-18(23)20-7-9-21-10-12-26-13-11-21/h5-6,14H,3-4,7-13H2,1-2H3,(H,20,23). The van der Waals surface area contributed by atoms with Crippen LogP contribution >= 0.6 is 11.6 Å². The number of carbonyl (C=O) groups excluding carboxylic acids is 1. The quantitative estimate of drug-likeness (QED) is 0.660. The minimum absolute atomic E-state index is 0.0699. The van der Waals surface area contributed by atoms with Gasteiger partial charge in [0.25, 0.3) is 0 Å². The van der Waals surface area contributed by atoms with Crippen LogP contribution in [0.15, 0.2) is 18.2 Å². The van der Waals surface area contributed by atoms with E-state index in [1.54, 1.807) is 18.2 Å². The molecule has 0 aliphatic carbocycles. The summed E-state index contributed by atoms with van der Waals surface area (Å²) >= 11 is 6.02. The molecule has 0 spiro atoms. The summed E-state index contributed by atoms with van der Waals surface area (Å²) in [5, 5.41) is 3.37. The van der Waals surface area contributed by atoms with E-state index >= 15 is 0 Å². The van der Waals surface area contributed by atoms with Gasteiger partial charge in [-0.3, -0.25) is 14.0 Å². The van der Waals surface area contributed by atoms with Crippen LogP contribution in [0.4, 0.5) is 5.69 Å².